The summed E-state index contributed by atoms with van der Waals surface area (Å²) in [7, 11) is 0. The summed E-state index contributed by atoms with van der Waals surface area (Å²) < 4.78 is 24.9. The van der Waals surface area contributed by atoms with Crippen LogP contribution in [0.15, 0.2) is 42.6 Å². The zero-order chi connectivity index (χ0) is 21.8. The predicted octanol–water partition coefficient (Wildman–Crippen LogP) is 1.61. The molecule has 0 unspecified atom stereocenters. The molecule has 2 aromatic rings. The molecule has 1 aromatic heterocycles. The van der Waals surface area contributed by atoms with Crippen LogP contribution in [-0.4, -0.2) is 53.1 Å². The van der Waals surface area contributed by atoms with E-state index in [-0.39, 0.29) is 36.5 Å². The zero-order valence-corrected chi connectivity index (χ0v) is 17.5. The molecule has 3 heterocycles. The highest BCUT2D eigenvalue weighted by atomic mass is 19.1. The molecule has 1 amide bonds. The first-order valence-corrected chi connectivity index (χ1v) is 10.6. The molecule has 3 N–H and O–H groups in total. The van der Waals surface area contributed by atoms with E-state index in [1.54, 1.807) is 18.3 Å². The summed E-state index contributed by atoms with van der Waals surface area (Å²) in [6.45, 7) is 3.45. The molecule has 166 valence electrons. The molecule has 4 rings (SSSR count). The number of carbonyl (C=O) groups is 1. The fourth-order valence-corrected chi connectivity index (χ4v) is 4.13. The van der Waals surface area contributed by atoms with Crippen molar-refractivity contribution >= 4 is 5.91 Å². The van der Waals surface area contributed by atoms with Gasteiger partial charge in [0, 0.05) is 32.3 Å². The number of halogens is 1. The number of rotatable bonds is 8. The number of hydrogen-bond donors (Lipinski definition) is 3. The number of fused-ring (bicyclic) bond motifs is 1. The van der Waals surface area contributed by atoms with E-state index in [0.29, 0.717) is 26.1 Å². The average Bonchev–Trinajstić information content (AvgIpc) is 3.27. The number of ether oxygens (including phenoxy) is 2. The Morgan fingerprint density at radius 1 is 1.23 bits per heavy atom. The second-order valence-electron chi connectivity index (χ2n) is 8.17. The van der Waals surface area contributed by atoms with Gasteiger partial charge in [-0.05, 0) is 36.2 Å². The molecule has 0 bridgehead atoms. The van der Waals surface area contributed by atoms with E-state index in [1.165, 1.54) is 12.1 Å². The summed E-state index contributed by atoms with van der Waals surface area (Å²) >= 11 is 0. The molecule has 0 spiro atoms. The number of aromatic nitrogens is 1. The highest BCUT2D eigenvalue weighted by Gasteiger charge is 2.50. The molecule has 2 fully saturated rings. The number of nitrogens with one attached hydrogen (secondary N) is 2. The Balaban J connectivity index is 1.18. The molecule has 31 heavy (non-hydrogen) atoms. The molecular weight excluding hydrogens is 401 g/mol. The predicted molar refractivity (Wildman–Crippen MR) is 111 cm³/mol. The van der Waals surface area contributed by atoms with Gasteiger partial charge in [0.05, 0.1) is 30.4 Å². The van der Waals surface area contributed by atoms with E-state index in [9.17, 15) is 14.3 Å². The highest BCUT2D eigenvalue weighted by molar-refractivity contribution is 5.76. The fourth-order valence-electron chi connectivity index (χ4n) is 4.13. The van der Waals surface area contributed by atoms with Crippen LogP contribution in [0.25, 0.3) is 0 Å². The Morgan fingerprint density at radius 2 is 2.03 bits per heavy atom. The molecule has 0 saturated carbocycles. The normalized spacial score (nSPS) is 27.3. The van der Waals surface area contributed by atoms with Crippen molar-refractivity contribution in [3.63, 3.8) is 0 Å². The lowest BCUT2D eigenvalue weighted by atomic mass is 10.1. The minimum absolute atomic E-state index is 0.146. The first kappa shape index (κ1) is 21.8. The Kier molecular flexibility index (Phi) is 6.92. The van der Waals surface area contributed by atoms with Crippen molar-refractivity contribution in [2.24, 2.45) is 0 Å². The first-order chi connectivity index (χ1) is 15.0. The molecule has 2 saturated heterocycles. The van der Waals surface area contributed by atoms with Gasteiger partial charge in [0.15, 0.2) is 0 Å². The van der Waals surface area contributed by atoms with Crippen molar-refractivity contribution < 1.29 is 23.8 Å². The number of benzene rings is 1. The Hall–Kier alpha value is -2.39. The number of nitrogens with zero attached hydrogens (tertiary/aromatic N) is 1. The second kappa shape index (κ2) is 9.82. The number of aliphatic hydroxyl groups excluding tert-OH is 1. The largest absolute Gasteiger partial charge is 0.388 e. The third kappa shape index (κ3) is 5.46. The molecule has 7 nitrogen and oxygen atoms in total. The SMILES string of the molecule is Cc1cccnc1CNC[C@H]1O[C@@H]2C[C@@H](CC(=O)NCc3ccc(F)cc3)O[C@@H]2[C@@H]1O. The van der Waals surface area contributed by atoms with Crippen LogP contribution in [0.2, 0.25) is 0 Å². The summed E-state index contributed by atoms with van der Waals surface area (Å²) in [6, 6.07) is 9.92. The van der Waals surface area contributed by atoms with E-state index in [4.69, 9.17) is 9.47 Å². The van der Waals surface area contributed by atoms with Crippen molar-refractivity contribution in [3.05, 3.63) is 65.2 Å². The van der Waals surface area contributed by atoms with Gasteiger partial charge in [-0.25, -0.2) is 4.39 Å². The average molecular weight is 429 g/mol. The number of pyridine rings is 1. The van der Waals surface area contributed by atoms with Crippen LogP contribution in [-0.2, 0) is 27.4 Å². The van der Waals surface area contributed by atoms with Crippen LogP contribution in [0.3, 0.4) is 0 Å². The number of carbonyl (C=O) groups excluding carboxylic acids is 1. The van der Waals surface area contributed by atoms with Crippen LogP contribution < -0.4 is 10.6 Å². The summed E-state index contributed by atoms with van der Waals surface area (Å²) in [5.41, 5.74) is 2.91. The van der Waals surface area contributed by atoms with Gasteiger partial charge in [-0.2, -0.15) is 0 Å². The zero-order valence-electron chi connectivity index (χ0n) is 17.5. The van der Waals surface area contributed by atoms with Crippen molar-refractivity contribution in [3.8, 4) is 0 Å². The van der Waals surface area contributed by atoms with Gasteiger partial charge in [-0.3, -0.25) is 9.78 Å². The quantitative estimate of drug-likeness (QED) is 0.591. The number of amides is 1. The Labute approximate surface area is 181 Å². The summed E-state index contributed by atoms with van der Waals surface area (Å²) in [5, 5.41) is 16.7. The lowest BCUT2D eigenvalue weighted by Crippen LogP contribution is -2.39. The van der Waals surface area contributed by atoms with Crippen LogP contribution in [0.5, 0.6) is 0 Å². The van der Waals surface area contributed by atoms with E-state index in [2.05, 4.69) is 15.6 Å². The van der Waals surface area contributed by atoms with E-state index in [1.807, 2.05) is 19.1 Å². The molecule has 5 atom stereocenters. The third-order valence-electron chi connectivity index (χ3n) is 5.85. The standard InChI is InChI=1S/C23H28FN3O4/c1-14-3-2-8-26-18(14)12-25-13-20-22(29)23-19(31-20)9-17(30-23)10-21(28)27-11-15-4-6-16(24)7-5-15/h2-8,17,19-20,22-23,25,29H,9-13H2,1H3,(H,27,28)/t17-,19+,20+,22+,23-/m0/s1. The Morgan fingerprint density at radius 3 is 2.77 bits per heavy atom. The van der Waals surface area contributed by atoms with Crippen molar-refractivity contribution in [1.82, 2.24) is 15.6 Å². The number of aryl methyl sites for hydroxylation is 1. The van der Waals surface area contributed by atoms with Crippen LogP contribution in [0, 0.1) is 12.7 Å². The van der Waals surface area contributed by atoms with Crippen LogP contribution in [0.4, 0.5) is 4.39 Å². The van der Waals surface area contributed by atoms with Gasteiger partial charge in [0.25, 0.3) is 0 Å². The van der Waals surface area contributed by atoms with Crippen molar-refractivity contribution in [2.75, 3.05) is 6.54 Å². The lowest BCUT2D eigenvalue weighted by molar-refractivity contribution is -0.124. The number of hydrogen-bond acceptors (Lipinski definition) is 6. The summed E-state index contributed by atoms with van der Waals surface area (Å²) in [5.74, 6) is -0.451. The van der Waals surface area contributed by atoms with Crippen LogP contribution >= 0.6 is 0 Å². The Bertz CT molecular complexity index is 895. The maximum atomic E-state index is 12.9. The topological polar surface area (TPSA) is 92.7 Å². The molecule has 8 heteroatoms. The fraction of sp³-hybridized carbons (Fsp3) is 0.478. The van der Waals surface area contributed by atoms with Gasteiger partial charge in [-0.1, -0.05) is 18.2 Å². The summed E-state index contributed by atoms with van der Waals surface area (Å²) in [6.07, 6.45) is 0.517. The maximum Gasteiger partial charge on any atom is 0.222 e. The molecule has 0 aliphatic carbocycles. The maximum absolute atomic E-state index is 12.9. The molecule has 2 aliphatic rings. The molecule has 2 aliphatic heterocycles. The number of aliphatic hydroxyl groups is 1. The first-order valence-electron chi connectivity index (χ1n) is 10.6. The van der Waals surface area contributed by atoms with Gasteiger partial charge in [0.1, 0.15) is 18.0 Å². The van der Waals surface area contributed by atoms with Gasteiger partial charge < -0.3 is 25.2 Å². The minimum atomic E-state index is -0.741. The third-order valence-corrected chi connectivity index (χ3v) is 5.85. The molecule has 1 aromatic carbocycles. The monoisotopic (exact) mass is 429 g/mol. The molecule has 0 radical (unpaired) electrons. The minimum Gasteiger partial charge on any atom is -0.388 e. The van der Waals surface area contributed by atoms with Gasteiger partial charge in [0.2, 0.25) is 5.91 Å². The van der Waals surface area contributed by atoms with E-state index >= 15 is 0 Å². The highest BCUT2D eigenvalue weighted by Crippen LogP contribution is 2.35. The lowest BCUT2D eigenvalue weighted by Gasteiger charge is -2.20. The van der Waals surface area contributed by atoms with Crippen LogP contribution in [0.1, 0.15) is 29.7 Å². The molecular formula is C23H28FN3O4. The van der Waals surface area contributed by atoms with Crippen molar-refractivity contribution in [1.29, 1.82) is 0 Å². The van der Waals surface area contributed by atoms with Crippen molar-refractivity contribution in [2.45, 2.75) is 63.4 Å². The smallest absolute Gasteiger partial charge is 0.222 e. The summed E-state index contributed by atoms with van der Waals surface area (Å²) in [4.78, 5) is 16.6. The second-order valence-corrected chi connectivity index (χ2v) is 8.17. The van der Waals surface area contributed by atoms with Gasteiger partial charge >= 0.3 is 0 Å². The van der Waals surface area contributed by atoms with Gasteiger partial charge in [-0.15, -0.1) is 0 Å². The van der Waals surface area contributed by atoms with E-state index < -0.39 is 12.2 Å². The van der Waals surface area contributed by atoms with E-state index in [0.717, 1.165) is 16.8 Å².